The number of esters is 3. The summed E-state index contributed by atoms with van der Waals surface area (Å²) < 4.78 is 16.9. The first kappa shape index (κ1) is 64.4. The van der Waals surface area contributed by atoms with Gasteiger partial charge in [-0.15, -0.1) is 0 Å². The normalized spacial score (nSPS) is 12.5. The van der Waals surface area contributed by atoms with Crippen molar-refractivity contribution < 1.29 is 28.6 Å². The topological polar surface area (TPSA) is 78.9 Å². The van der Waals surface area contributed by atoms with E-state index in [-0.39, 0.29) is 31.1 Å². The Labute approximate surface area is 412 Å². The molecule has 0 N–H and O–H groups in total. The van der Waals surface area contributed by atoms with Crippen molar-refractivity contribution in [1.29, 1.82) is 0 Å². The van der Waals surface area contributed by atoms with Crippen LogP contribution in [0.25, 0.3) is 0 Å². The third kappa shape index (κ3) is 51.8. The van der Waals surface area contributed by atoms with Gasteiger partial charge in [-0.3, -0.25) is 14.4 Å². The summed E-state index contributed by atoms with van der Waals surface area (Å²) in [5, 5.41) is 0. The molecule has 0 amide bonds. The zero-order valence-corrected chi connectivity index (χ0v) is 45.5. The fourth-order valence-electron chi connectivity index (χ4n) is 9.14. The molecule has 6 heteroatoms. The molecule has 0 saturated heterocycles. The molecule has 0 aromatic heterocycles. The lowest BCUT2D eigenvalue weighted by Gasteiger charge is -2.18. The number of carbonyl (C=O) groups is 3. The summed E-state index contributed by atoms with van der Waals surface area (Å²) >= 11 is 0. The van der Waals surface area contributed by atoms with Gasteiger partial charge in [-0.1, -0.05) is 292 Å². The van der Waals surface area contributed by atoms with Gasteiger partial charge in [-0.25, -0.2) is 0 Å². The second-order valence-corrected chi connectivity index (χ2v) is 21.8. The van der Waals surface area contributed by atoms with Crippen molar-refractivity contribution >= 4 is 17.9 Å². The van der Waals surface area contributed by atoms with Crippen LogP contribution in [0.2, 0.25) is 0 Å². The van der Waals surface area contributed by atoms with Gasteiger partial charge in [-0.2, -0.15) is 0 Å². The molecule has 2 atom stereocenters. The predicted molar refractivity (Wildman–Crippen MR) is 284 cm³/mol. The maximum absolute atomic E-state index is 12.8. The third-order valence-corrected chi connectivity index (χ3v) is 14.0. The zero-order valence-electron chi connectivity index (χ0n) is 45.5. The smallest absolute Gasteiger partial charge is 0.306 e. The van der Waals surface area contributed by atoms with Crippen LogP contribution >= 0.6 is 0 Å². The average molecular weight is 934 g/mol. The van der Waals surface area contributed by atoms with E-state index in [9.17, 15) is 14.4 Å². The molecule has 1 unspecified atom stereocenters. The summed E-state index contributed by atoms with van der Waals surface area (Å²) in [7, 11) is 0. The first-order chi connectivity index (χ1) is 32.1. The van der Waals surface area contributed by atoms with Gasteiger partial charge >= 0.3 is 17.9 Å². The average Bonchev–Trinajstić information content (AvgIpc) is 3.29. The van der Waals surface area contributed by atoms with Crippen LogP contribution in [0.3, 0.4) is 0 Å². The fourth-order valence-corrected chi connectivity index (χ4v) is 9.14. The summed E-state index contributed by atoms with van der Waals surface area (Å²) in [5.74, 6) is 1.66. The highest BCUT2D eigenvalue weighted by Crippen LogP contribution is 2.19. The van der Waals surface area contributed by atoms with E-state index in [1.54, 1.807) is 0 Å². The molecule has 0 saturated carbocycles. The largest absolute Gasteiger partial charge is 0.462 e. The highest BCUT2D eigenvalue weighted by Gasteiger charge is 2.19. The number of hydrogen-bond acceptors (Lipinski definition) is 6. The molecule has 0 aliphatic rings. The highest BCUT2D eigenvalue weighted by molar-refractivity contribution is 5.71. The van der Waals surface area contributed by atoms with E-state index < -0.39 is 6.10 Å². The molecule has 392 valence electrons. The van der Waals surface area contributed by atoms with E-state index >= 15 is 0 Å². The molecule has 0 aliphatic heterocycles. The van der Waals surface area contributed by atoms with Crippen LogP contribution in [0.1, 0.15) is 330 Å². The zero-order chi connectivity index (χ0) is 48.4. The summed E-state index contributed by atoms with van der Waals surface area (Å²) in [6.07, 6.45) is 54.0. The van der Waals surface area contributed by atoms with Gasteiger partial charge in [0.15, 0.2) is 6.10 Å². The van der Waals surface area contributed by atoms with Crippen molar-refractivity contribution in [1.82, 2.24) is 0 Å². The van der Waals surface area contributed by atoms with E-state index in [0.29, 0.717) is 19.3 Å². The lowest BCUT2D eigenvalue weighted by atomic mass is 9.99. The summed E-state index contributed by atoms with van der Waals surface area (Å²) in [5.41, 5.74) is 0. The summed E-state index contributed by atoms with van der Waals surface area (Å²) in [4.78, 5) is 38.1. The van der Waals surface area contributed by atoms with E-state index in [1.165, 1.54) is 212 Å². The Balaban J connectivity index is 4.16. The SMILES string of the molecule is CCC(C)CCCCCCCCCCCCCCCCC(=O)OC[C@@H](COC(=O)CCCCCCCCCCCCCCCCCCCCC(C)C)OC(=O)CCCCCCCCC(C)C. The van der Waals surface area contributed by atoms with Crippen LogP contribution in [0.4, 0.5) is 0 Å². The van der Waals surface area contributed by atoms with Gasteiger partial charge in [0.1, 0.15) is 13.2 Å². The maximum Gasteiger partial charge on any atom is 0.306 e. The predicted octanol–water partition coefficient (Wildman–Crippen LogP) is 19.5. The van der Waals surface area contributed by atoms with Crippen LogP contribution in [-0.4, -0.2) is 37.2 Å². The Morgan fingerprint density at radius 3 is 0.788 bits per heavy atom. The van der Waals surface area contributed by atoms with Crippen molar-refractivity contribution in [2.24, 2.45) is 17.8 Å². The van der Waals surface area contributed by atoms with Crippen LogP contribution in [-0.2, 0) is 28.6 Å². The van der Waals surface area contributed by atoms with Crippen molar-refractivity contribution in [3.63, 3.8) is 0 Å². The highest BCUT2D eigenvalue weighted by atomic mass is 16.6. The molecule has 0 radical (unpaired) electrons. The van der Waals surface area contributed by atoms with Crippen LogP contribution < -0.4 is 0 Å². The van der Waals surface area contributed by atoms with E-state index in [0.717, 1.165) is 75.5 Å². The van der Waals surface area contributed by atoms with E-state index in [2.05, 4.69) is 41.5 Å². The first-order valence-corrected chi connectivity index (χ1v) is 29.6. The molecule has 6 nitrogen and oxygen atoms in total. The Hall–Kier alpha value is -1.59. The first-order valence-electron chi connectivity index (χ1n) is 29.6. The lowest BCUT2D eigenvalue weighted by Crippen LogP contribution is -2.30. The Bertz CT molecular complexity index is 1020. The Kier molecular flexibility index (Phi) is 50.0. The minimum absolute atomic E-state index is 0.0646. The van der Waals surface area contributed by atoms with Crippen molar-refractivity contribution in [3.05, 3.63) is 0 Å². The third-order valence-electron chi connectivity index (χ3n) is 14.0. The molecule has 0 heterocycles. The minimum Gasteiger partial charge on any atom is -0.462 e. The van der Waals surface area contributed by atoms with E-state index in [4.69, 9.17) is 14.2 Å². The number of unbranched alkanes of at least 4 members (excludes halogenated alkanes) is 35. The minimum atomic E-state index is -0.764. The van der Waals surface area contributed by atoms with E-state index in [1.807, 2.05) is 0 Å². The number of carbonyl (C=O) groups excluding carboxylic acids is 3. The van der Waals surface area contributed by atoms with Crippen molar-refractivity contribution in [2.45, 2.75) is 337 Å². The number of ether oxygens (including phenoxy) is 3. The molecular weight excluding hydrogens is 817 g/mol. The second kappa shape index (κ2) is 51.3. The quantitative estimate of drug-likeness (QED) is 0.0343. The van der Waals surface area contributed by atoms with Gasteiger partial charge in [0.2, 0.25) is 0 Å². The van der Waals surface area contributed by atoms with Crippen molar-refractivity contribution in [2.75, 3.05) is 13.2 Å². The number of hydrogen-bond donors (Lipinski definition) is 0. The second-order valence-electron chi connectivity index (χ2n) is 21.8. The van der Waals surface area contributed by atoms with Gasteiger partial charge in [0, 0.05) is 19.3 Å². The van der Waals surface area contributed by atoms with Crippen molar-refractivity contribution in [3.8, 4) is 0 Å². The Morgan fingerprint density at radius 2 is 0.530 bits per heavy atom. The van der Waals surface area contributed by atoms with Gasteiger partial charge < -0.3 is 14.2 Å². The van der Waals surface area contributed by atoms with Crippen LogP contribution in [0.15, 0.2) is 0 Å². The molecule has 0 rings (SSSR count). The van der Waals surface area contributed by atoms with Gasteiger partial charge in [0.25, 0.3) is 0 Å². The van der Waals surface area contributed by atoms with Crippen LogP contribution in [0.5, 0.6) is 0 Å². The fraction of sp³-hybridized carbons (Fsp3) is 0.950. The molecule has 0 fully saturated rings. The molecule has 0 spiro atoms. The lowest BCUT2D eigenvalue weighted by molar-refractivity contribution is -0.167. The van der Waals surface area contributed by atoms with Gasteiger partial charge in [0.05, 0.1) is 0 Å². The molecule has 0 aromatic carbocycles. The van der Waals surface area contributed by atoms with Gasteiger partial charge in [-0.05, 0) is 37.0 Å². The Morgan fingerprint density at radius 1 is 0.303 bits per heavy atom. The monoisotopic (exact) mass is 933 g/mol. The molecule has 0 aliphatic carbocycles. The number of rotatable bonds is 53. The van der Waals surface area contributed by atoms with Crippen LogP contribution in [0, 0.1) is 17.8 Å². The summed E-state index contributed by atoms with van der Waals surface area (Å²) in [6.45, 7) is 13.7. The molecular formula is C60H116O6. The summed E-state index contributed by atoms with van der Waals surface area (Å²) in [6, 6.07) is 0. The molecule has 0 aromatic rings. The standard InChI is InChI=1S/C60H116O6/c1-7-56(6)48-42-36-29-25-21-17-14-15-19-23-27-31-38-44-50-59(62)65-53-57(66-60(63)51-45-39-33-32-35-41-47-55(4)5)52-64-58(61)49-43-37-30-26-22-18-13-11-9-8-10-12-16-20-24-28-34-40-46-54(2)3/h54-57H,7-53H2,1-6H3/t56?,57-/m1/s1. The molecule has 0 bridgehead atoms. The molecule has 66 heavy (non-hydrogen) atoms. The maximum atomic E-state index is 12.8.